The second-order valence-electron chi connectivity index (χ2n) is 7.94. The van der Waals surface area contributed by atoms with Gasteiger partial charge in [-0.3, -0.25) is 9.59 Å². The molecule has 0 aliphatic carbocycles. The summed E-state index contributed by atoms with van der Waals surface area (Å²) in [5.41, 5.74) is 0.115. The Hall–Kier alpha value is -3.85. The molecule has 1 saturated heterocycles. The van der Waals surface area contributed by atoms with Crippen LogP contribution in [0.2, 0.25) is 0 Å². The van der Waals surface area contributed by atoms with Crippen molar-refractivity contribution in [1.82, 2.24) is 14.9 Å². The van der Waals surface area contributed by atoms with Crippen molar-refractivity contribution in [3.8, 4) is 11.8 Å². The van der Waals surface area contributed by atoms with E-state index in [4.69, 9.17) is 5.11 Å². The van der Waals surface area contributed by atoms with Gasteiger partial charge in [-0.2, -0.15) is 18.2 Å². The first-order valence-corrected chi connectivity index (χ1v) is 10.8. The van der Waals surface area contributed by atoms with Crippen LogP contribution in [0.5, 0.6) is 0 Å². The highest BCUT2D eigenvalue weighted by Gasteiger charge is 2.36. The van der Waals surface area contributed by atoms with Gasteiger partial charge in [0.05, 0.1) is 11.4 Å². The fourth-order valence-corrected chi connectivity index (χ4v) is 3.62. The van der Waals surface area contributed by atoms with Crippen LogP contribution in [-0.4, -0.2) is 57.5 Å². The smallest absolute Gasteiger partial charge is 0.387 e. The number of aliphatic hydroxyl groups is 1. The van der Waals surface area contributed by atoms with E-state index in [0.717, 1.165) is 5.56 Å². The van der Waals surface area contributed by atoms with Crippen LogP contribution >= 0.6 is 0 Å². The number of aromatic nitrogens is 2. The minimum atomic E-state index is -4.74. The lowest BCUT2D eigenvalue weighted by Crippen LogP contribution is -2.46. The number of likely N-dealkylation sites (tertiary alicyclic amines) is 1. The highest BCUT2D eigenvalue weighted by atomic mass is 19.4. The van der Waals surface area contributed by atoms with Crippen molar-refractivity contribution < 1.29 is 27.9 Å². The largest absolute Gasteiger partial charge is 0.421 e. The van der Waals surface area contributed by atoms with Crippen molar-refractivity contribution in [2.24, 2.45) is 0 Å². The molecule has 9 nitrogen and oxygen atoms in total. The van der Waals surface area contributed by atoms with Gasteiger partial charge < -0.3 is 26.0 Å². The molecule has 1 aliphatic heterocycles. The van der Waals surface area contributed by atoms with Crippen molar-refractivity contribution in [3.63, 3.8) is 0 Å². The Kier molecular flexibility index (Phi) is 8.14. The van der Waals surface area contributed by atoms with Crippen molar-refractivity contribution in [1.29, 1.82) is 0 Å². The average Bonchev–Trinajstić information content (AvgIpc) is 2.80. The van der Waals surface area contributed by atoms with Crippen LogP contribution in [0.15, 0.2) is 24.4 Å². The number of carbonyl (C=O) groups excluding carboxylic acids is 2. The minimum absolute atomic E-state index is 0.0571. The maximum absolute atomic E-state index is 13.7. The van der Waals surface area contributed by atoms with E-state index in [1.807, 2.05) is 0 Å². The summed E-state index contributed by atoms with van der Waals surface area (Å²) in [6.45, 7) is 3.40. The third kappa shape index (κ3) is 6.83. The van der Waals surface area contributed by atoms with E-state index in [-0.39, 0.29) is 29.9 Å². The molecule has 0 spiro atoms. The van der Waals surface area contributed by atoms with E-state index in [1.165, 1.54) is 17.9 Å². The Morgan fingerprint density at radius 2 is 2.06 bits per heavy atom. The highest BCUT2D eigenvalue weighted by molar-refractivity contribution is 6.05. The summed E-state index contributed by atoms with van der Waals surface area (Å²) in [7, 11) is 0. The van der Waals surface area contributed by atoms with Gasteiger partial charge in [0, 0.05) is 25.3 Å². The first-order chi connectivity index (χ1) is 16.6. The fourth-order valence-electron chi connectivity index (χ4n) is 3.62. The molecule has 4 N–H and O–H groups in total. The zero-order valence-corrected chi connectivity index (χ0v) is 19.2. The number of halogens is 3. The molecule has 1 aromatic heterocycles. The van der Waals surface area contributed by atoms with Gasteiger partial charge in [0.15, 0.2) is 0 Å². The summed E-state index contributed by atoms with van der Waals surface area (Å²) in [5, 5.41) is 17.3. The molecule has 1 atom stereocenters. The van der Waals surface area contributed by atoms with Gasteiger partial charge in [-0.05, 0) is 50.3 Å². The first kappa shape index (κ1) is 25.8. The molecule has 0 radical (unpaired) electrons. The van der Waals surface area contributed by atoms with Crippen molar-refractivity contribution in [2.75, 3.05) is 35.6 Å². The Balaban J connectivity index is 1.90. The number of nitrogens with one attached hydrogen (secondary N) is 3. The molecule has 35 heavy (non-hydrogen) atoms. The van der Waals surface area contributed by atoms with E-state index in [1.54, 1.807) is 19.1 Å². The normalized spacial score (nSPS) is 15.6. The van der Waals surface area contributed by atoms with Crippen LogP contribution < -0.4 is 16.0 Å². The van der Waals surface area contributed by atoms with E-state index in [2.05, 4.69) is 37.8 Å². The zero-order valence-electron chi connectivity index (χ0n) is 19.2. The molecular formula is C23H25F3N6O3. The third-order valence-electron chi connectivity index (χ3n) is 5.25. The van der Waals surface area contributed by atoms with E-state index >= 15 is 0 Å². The van der Waals surface area contributed by atoms with E-state index < -0.39 is 36.0 Å². The van der Waals surface area contributed by atoms with Crippen LogP contribution in [0.4, 0.5) is 36.3 Å². The Labute approximate surface area is 200 Å². The van der Waals surface area contributed by atoms with Gasteiger partial charge in [-0.25, -0.2) is 4.98 Å². The SMILES string of the molecule is CC#CC(=O)Nc1cc(C)ccc1Nc1nc(N[C@H]2CCCN(C(=O)CO)C2)ncc1C(F)(F)F. The van der Waals surface area contributed by atoms with Crippen LogP contribution in [0.25, 0.3) is 0 Å². The van der Waals surface area contributed by atoms with Crippen molar-refractivity contribution >= 4 is 35.0 Å². The number of nitrogens with zero attached hydrogens (tertiary/aromatic N) is 3. The van der Waals surface area contributed by atoms with Gasteiger partial charge in [0.25, 0.3) is 5.91 Å². The number of hydrogen-bond acceptors (Lipinski definition) is 7. The number of piperidine rings is 1. The first-order valence-electron chi connectivity index (χ1n) is 10.8. The minimum Gasteiger partial charge on any atom is -0.387 e. The molecular weight excluding hydrogens is 465 g/mol. The fraction of sp³-hybridized carbons (Fsp3) is 0.391. The predicted molar refractivity (Wildman–Crippen MR) is 124 cm³/mol. The van der Waals surface area contributed by atoms with Crippen molar-refractivity contribution in [3.05, 3.63) is 35.5 Å². The molecule has 0 saturated carbocycles. The topological polar surface area (TPSA) is 119 Å². The number of amides is 2. The monoisotopic (exact) mass is 490 g/mol. The van der Waals surface area contributed by atoms with Crippen LogP contribution in [0.3, 0.4) is 0 Å². The summed E-state index contributed by atoms with van der Waals surface area (Å²) in [6.07, 6.45) is -2.76. The van der Waals surface area contributed by atoms with Gasteiger partial charge >= 0.3 is 6.18 Å². The highest BCUT2D eigenvalue weighted by Crippen LogP contribution is 2.36. The van der Waals surface area contributed by atoms with Gasteiger partial charge in [-0.15, -0.1) is 0 Å². The maximum Gasteiger partial charge on any atom is 0.421 e. The molecule has 1 aromatic carbocycles. The van der Waals surface area contributed by atoms with Crippen LogP contribution in [-0.2, 0) is 15.8 Å². The van der Waals surface area contributed by atoms with Gasteiger partial charge in [0.1, 0.15) is 18.0 Å². The van der Waals surface area contributed by atoms with Gasteiger partial charge in [0.2, 0.25) is 11.9 Å². The quantitative estimate of drug-likeness (QED) is 0.460. The second kappa shape index (κ2) is 11.1. The Morgan fingerprint density at radius 3 is 2.74 bits per heavy atom. The number of carbonyl (C=O) groups is 2. The maximum atomic E-state index is 13.7. The van der Waals surface area contributed by atoms with E-state index in [0.29, 0.717) is 25.6 Å². The summed E-state index contributed by atoms with van der Waals surface area (Å²) in [6, 6.07) is 4.50. The molecule has 1 fully saturated rings. The summed E-state index contributed by atoms with van der Waals surface area (Å²) in [5.74, 6) is 3.19. The standard InChI is InChI=1S/C23H25F3N6O3/c1-3-5-19(34)29-18-10-14(2)7-8-17(18)30-21-16(23(24,25)26)11-27-22(31-21)28-15-6-4-9-32(12-15)20(35)13-33/h7-8,10-11,15,33H,4,6,9,12-13H2,1-2H3,(H,29,34)(H2,27,28,30,31)/t15-/m0/s1. The summed E-state index contributed by atoms with van der Waals surface area (Å²) in [4.78, 5) is 33.1. The summed E-state index contributed by atoms with van der Waals surface area (Å²) >= 11 is 0. The number of aliphatic hydroxyl groups excluding tert-OH is 1. The lowest BCUT2D eigenvalue weighted by Gasteiger charge is -2.32. The Morgan fingerprint density at radius 1 is 1.29 bits per heavy atom. The molecule has 186 valence electrons. The molecule has 2 amide bonds. The lowest BCUT2D eigenvalue weighted by molar-refractivity contribution is -0.137. The molecule has 2 aromatic rings. The Bertz CT molecular complexity index is 1160. The number of benzene rings is 1. The van der Waals surface area contributed by atoms with Crippen LogP contribution in [0, 0.1) is 18.8 Å². The number of rotatable bonds is 6. The molecule has 12 heteroatoms. The third-order valence-corrected chi connectivity index (χ3v) is 5.25. The molecule has 0 bridgehead atoms. The summed E-state index contributed by atoms with van der Waals surface area (Å²) < 4.78 is 41.1. The zero-order chi connectivity index (χ0) is 25.6. The number of alkyl halides is 3. The number of aryl methyl sites for hydroxylation is 1. The molecule has 3 rings (SSSR count). The number of hydrogen-bond donors (Lipinski definition) is 4. The van der Waals surface area contributed by atoms with Crippen LogP contribution in [0.1, 0.15) is 30.9 Å². The second-order valence-corrected chi connectivity index (χ2v) is 7.94. The number of anilines is 4. The molecule has 0 unspecified atom stereocenters. The van der Waals surface area contributed by atoms with Crippen molar-refractivity contribution in [2.45, 2.75) is 38.9 Å². The van der Waals surface area contributed by atoms with Gasteiger partial charge in [-0.1, -0.05) is 12.0 Å². The molecule has 2 heterocycles. The molecule has 1 aliphatic rings. The van der Waals surface area contributed by atoms with E-state index in [9.17, 15) is 22.8 Å². The average molecular weight is 490 g/mol. The predicted octanol–water partition coefficient (Wildman–Crippen LogP) is 2.90. The lowest BCUT2D eigenvalue weighted by atomic mass is 10.1.